The number of carbonyl (C=O) groups is 1. The van der Waals surface area contributed by atoms with Gasteiger partial charge in [-0.15, -0.1) is 0 Å². The molecular weight excluding hydrogens is 324 g/mol. The maximum Gasteiger partial charge on any atom is 0.270 e. The maximum atomic E-state index is 12.3. The van der Waals surface area contributed by atoms with E-state index < -0.39 is 0 Å². The van der Waals surface area contributed by atoms with Gasteiger partial charge in [-0.3, -0.25) is 9.78 Å². The van der Waals surface area contributed by atoms with Crippen molar-refractivity contribution in [2.24, 2.45) is 0 Å². The molecule has 1 aromatic heterocycles. The Labute approximate surface area is 156 Å². The van der Waals surface area contributed by atoms with E-state index >= 15 is 0 Å². The van der Waals surface area contributed by atoms with E-state index in [1.807, 2.05) is 19.9 Å². The average Bonchev–Trinajstić information content (AvgIpc) is 2.65. The van der Waals surface area contributed by atoms with Crippen LogP contribution in [0.4, 0.5) is 17.1 Å². The lowest BCUT2D eigenvalue weighted by Gasteiger charge is -2.22. The predicted octanol–water partition coefficient (Wildman–Crippen LogP) is 4.51. The van der Waals surface area contributed by atoms with E-state index in [1.54, 1.807) is 12.3 Å². The van der Waals surface area contributed by atoms with Gasteiger partial charge >= 0.3 is 0 Å². The van der Waals surface area contributed by atoms with E-state index in [0.29, 0.717) is 5.69 Å². The van der Waals surface area contributed by atoms with Gasteiger partial charge in [-0.25, -0.2) is 0 Å². The largest absolute Gasteiger partial charge is 0.372 e. The number of nitrogens with one attached hydrogen (secondary N) is 2. The Bertz CT molecular complexity index is 741. The van der Waals surface area contributed by atoms with Gasteiger partial charge in [-0.05, 0) is 70.0 Å². The second kappa shape index (κ2) is 9.22. The van der Waals surface area contributed by atoms with Gasteiger partial charge in [-0.2, -0.15) is 0 Å². The molecule has 2 rings (SSSR count). The predicted molar refractivity (Wildman–Crippen MR) is 109 cm³/mol. The number of hydrogen-bond acceptors (Lipinski definition) is 4. The highest BCUT2D eigenvalue weighted by Crippen LogP contribution is 2.25. The Balaban J connectivity index is 2.16. The first kappa shape index (κ1) is 19.8. The van der Waals surface area contributed by atoms with Gasteiger partial charge in [0, 0.05) is 42.4 Å². The van der Waals surface area contributed by atoms with Crippen LogP contribution in [0, 0.1) is 6.92 Å². The summed E-state index contributed by atoms with van der Waals surface area (Å²) in [5.74, 6) is -0.142. The molecule has 5 nitrogen and oxygen atoms in total. The van der Waals surface area contributed by atoms with Crippen LogP contribution in [0.1, 0.15) is 50.2 Å². The van der Waals surface area contributed by atoms with Gasteiger partial charge < -0.3 is 15.5 Å². The van der Waals surface area contributed by atoms with Gasteiger partial charge in [0.05, 0.1) is 0 Å². The number of anilines is 3. The molecular formula is C21H30N4O. The average molecular weight is 354 g/mol. The monoisotopic (exact) mass is 354 g/mol. The lowest BCUT2D eigenvalue weighted by Crippen LogP contribution is -2.32. The van der Waals surface area contributed by atoms with Crippen LogP contribution in [-0.2, 0) is 0 Å². The van der Waals surface area contributed by atoms with Gasteiger partial charge in [0.15, 0.2) is 0 Å². The van der Waals surface area contributed by atoms with Crippen LogP contribution < -0.4 is 15.5 Å². The molecule has 0 aliphatic heterocycles. The van der Waals surface area contributed by atoms with Crippen molar-refractivity contribution in [2.75, 3.05) is 23.3 Å². The number of carbonyl (C=O) groups excluding carboxylic acids is 1. The molecule has 26 heavy (non-hydrogen) atoms. The SMILES string of the molecule is CCC(C)NC(=O)c1cc(Nc2ccc(N(CC)CC)cc2C)ccn1. The van der Waals surface area contributed by atoms with Crippen LogP contribution in [0.3, 0.4) is 0 Å². The minimum atomic E-state index is -0.142. The van der Waals surface area contributed by atoms with Crippen molar-refractivity contribution >= 4 is 23.0 Å². The Hall–Kier alpha value is -2.56. The third kappa shape index (κ3) is 4.97. The van der Waals surface area contributed by atoms with Crippen molar-refractivity contribution in [1.29, 1.82) is 0 Å². The number of amides is 1. The second-order valence-corrected chi connectivity index (χ2v) is 6.51. The maximum absolute atomic E-state index is 12.3. The van der Waals surface area contributed by atoms with Crippen molar-refractivity contribution in [3.63, 3.8) is 0 Å². The number of hydrogen-bond donors (Lipinski definition) is 2. The Morgan fingerprint density at radius 3 is 2.50 bits per heavy atom. The molecule has 5 heteroatoms. The van der Waals surface area contributed by atoms with E-state index in [2.05, 4.69) is 59.5 Å². The zero-order chi connectivity index (χ0) is 19.1. The summed E-state index contributed by atoms with van der Waals surface area (Å²) in [7, 11) is 0. The van der Waals surface area contributed by atoms with Crippen molar-refractivity contribution < 1.29 is 4.79 Å². The summed E-state index contributed by atoms with van der Waals surface area (Å²) < 4.78 is 0. The Morgan fingerprint density at radius 1 is 1.15 bits per heavy atom. The minimum Gasteiger partial charge on any atom is -0.372 e. The van der Waals surface area contributed by atoms with E-state index in [1.165, 1.54) is 5.69 Å². The van der Waals surface area contributed by atoms with Crippen molar-refractivity contribution in [2.45, 2.75) is 47.1 Å². The molecule has 1 atom stereocenters. The zero-order valence-corrected chi connectivity index (χ0v) is 16.5. The van der Waals surface area contributed by atoms with Crippen LogP contribution in [0.2, 0.25) is 0 Å². The summed E-state index contributed by atoms with van der Waals surface area (Å²) in [6.07, 6.45) is 2.55. The first-order valence-corrected chi connectivity index (χ1v) is 9.37. The quantitative estimate of drug-likeness (QED) is 0.732. The summed E-state index contributed by atoms with van der Waals surface area (Å²) in [4.78, 5) is 18.8. The summed E-state index contributed by atoms with van der Waals surface area (Å²) in [5, 5.41) is 6.34. The number of benzene rings is 1. The molecule has 2 N–H and O–H groups in total. The highest BCUT2D eigenvalue weighted by Gasteiger charge is 2.11. The van der Waals surface area contributed by atoms with Gasteiger partial charge in [0.1, 0.15) is 5.69 Å². The number of rotatable bonds is 8. The molecule has 0 aliphatic carbocycles. The fraction of sp³-hybridized carbons (Fsp3) is 0.429. The lowest BCUT2D eigenvalue weighted by atomic mass is 10.1. The van der Waals surface area contributed by atoms with Crippen LogP contribution in [-0.4, -0.2) is 30.0 Å². The summed E-state index contributed by atoms with van der Waals surface area (Å²) in [5.41, 5.74) is 4.69. The van der Waals surface area contributed by atoms with Gasteiger partial charge in [0.2, 0.25) is 0 Å². The van der Waals surface area contributed by atoms with Gasteiger partial charge in [-0.1, -0.05) is 6.92 Å². The molecule has 140 valence electrons. The molecule has 0 bridgehead atoms. The second-order valence-electron chi connectivity index (χ2n) is 6.51. The Kier molecular flexibility index (Phi) is 7.01. The van der Waals surface area contributed by atoms with Crippen LogP contribution in [0.25, 0.3) is 0 Å². The summed E-state index contributed by atoms with van der Waals surface area (Å²) >= 11 is 0. The first-order chi connectivity index (χ1) is 12.5. The third-order valence-corrected chi connectivity index (χ3v) is 4.60. The molecule has 1 heterocycles. The topological polar surface area (TPSA) is 57.3 Å². The van der Waals surface area contributed by atoms with E-state index in [4.69, 9.17) is 0 Å². The smallest absolute Gasteiger partial charge is 0.270 e. The molecule has 0 spiro atoms. The molecule has 0 fully saturated rings. The number of nitrogens with zero attached hydrogens (tertiary/aromatic N) is 2. The normalized spacial score (nSPS) is 11.7. The summed E-state index contributed by atoms with van der Waals surface area (Å²) in [6.45, 7) is 12.4. The third-order valence-electron chi connectivity index (χ3n) is 4.60. The van der Waals surface area contributed by atoms with Crippen LogP contribution >= 0.6 is 0 Å². The molecule has 1 amide bonds. The molecule has 1 unspecified atom stereocenters. The molecule has 0 saturated heterocycles. The highest BCUT2D eigenvalue weighted by atomic mass is 16.1. The lowest BCUT2D eigenvalue weighted by molar-refractivity contribution is 0.0934. The first-order valence-electron chi connectivity index (χ1n) is 9.37. The number of aromatic nitrogens is 1. The molecule has 0 radical (unpaired) electrons. The zero-order valence-electron chi connectivity index (χ0n) is 16.5. The van der Waals surface area contributed by atoms with Crippen LogP contribution in [0.5, 0.6) is 0 Å². The van der Waals surface area contributed by atoms with E-state index in [9.17, 15) is 4.79 Å². The van der Waals surface area contributed by atoms with Crippen LogP contribution in [0.15, 0.2) is 36.5 Å². The fourth-order valence-electron chi connectivity index (χ4n) is 2.76. The Morgan fingerprint density at radius 2 is 1.88 bits per heavy atom. The minimum absolute atomic E-state index is 0.135. The standard InChI is InChI=1S/C21H30N4O/c1-6-16(5)23-21(26)20-14-17(11-12-22-20)24-19-10-9-18(13-15(19)4)25(7-2)8-3/h9-14,16H,6-8H2,1-5H3,(H,22,24)(H,23,26). The van der Waals surface area contributed by atoms with E-state index in [-0.39, 0.29) is 11.9 Å². The molecule has 0 aliphatic rings. The van der Waals surface area contributed by atoms with Crippen molar-refractivity contribution in [3.05, 3.63) is 47.8 Å². The summed E-state index contributed by atoms with van der Waals surface area (Å²) in [6, 6.07) is 10.2. The van der Waals surface area contributed by atoms with Crippen molar-refractivity contribution in [1.82, 2.24) is 10.3 Å². The fourth-order valence-corrected chi connectivity index (χ4v) is 2.76. The highest BCUT2D eigenvalue weighted by molar-refractivity contribution is 5.93. The molecule has 2 aromatic rings. The number of pyridine rings is 1. The van der Waals surface area contributed by atoms with Crippen molar-refractivity contribution in [3.8, 4) is 0 Å². The molecule has 1 aromatic carbocycles. The molecule has 0 saturated carbocycles. The van der Waals surface area contributed by atoms with Gasteiger partial charge in [0.25, 0.3) is 5.91 Å². The number of aryl methyl sites for hydroxylation is 1. The van der Waals surface area contributed by atoms with E-state index in [0.717, 1.165) is 36.4 Å².